The lowest BCUT2D eigenvalue weighted by atomic mass is 9.56. The smallest absolute Gasteiger partial charge is 0.258 e. The monoisotopic (exact) mass is 774 g/mol. The van der Waals surface area contributed by atoms with Gasteiger partial charge < -0.3 is 5.11 Å². The van der Waals surface area contributed by atoms with Crippen LogP contribution in [0, 0.1) is 53.8 Å². The Labute approximate surface area is 306 Å². The molecule has 4 aromatic rings. The predicted molar refractivity (Wildman–Crippen MR) is 181 cm³/mol. The minimum Gasteiger partial charge on any atom is -0.507 e. The second kappa shape index (κ2) is 11.5. The number of hydrogen-bond acceptors (Lipinski definition) is 5. The van der Waals surface area contributed by atoms with Gasteiger partial charge in [-0.2, -0.15) is 0 Å². The number of amides is 4. The lowest BCUT2D eigenvalue weighted by molar-refractivity contribution is -0.125. The Morgan fingerprint density at radius 2 is 1.40 bits per heavy atom. The predicted octanol–water partition coefficient (Wildman–Crippen LogP) is 7.97. The number of benzene rings is 4. The molecule has 1 N–H and O–H groups in total. The van der Waals surface area contributed by atoms with Gasteiger partial charge in [-0.15, -0.1) is 23.2 Å². The highest BCUT2D eigenvalue weighted by atomic mass is 35.5. The molecule has 4 aliphatic rings. The second-order valence-corrected chi connectivity index (χ2v) is 15.0. The van der Waals surface area contributed by atoms with Crippen molar-refractivity contribution in [3.8, 4) is 5.75 Å². The van der Waals surface area contributed by atoms with Gasteiger partial charge in [0.15, 0.2) is 33.0 Å². The summed E-state index contributed by atoms with van der Waals surface area (Å²) in [5.74, 6) is -21.6. The Morgan fingerprint density at radius 3 is 2.06 bits per heavy atom. The molecule has 1 saturated carbocycles. The molecule has 7 nitrogen and oxygen atoms in total. The number of nitrogens with zero attached hydrogens (tertiary/aromatic N) is 2. The van der Waals surface area contributed by atoms with Crippen LogP contribution in [0.4, 0.5) is 33.3 Å². The van der Waals surface area contributed by atoms with Gasteiger partial charge >= 0.3 is 0 Å². The van der Waals surface area contributed by atoms with Gasteiger partial charge in [0, 0.05) is 16.3 Å². The third kappa shape index (κ3) is 4.25. The van der Waals surface area contributed by atoms with Gasteiger partial charge in [0.25, 0.3) is 11.8 Å². The fourth-order valence-corrected chi connectivity index (χ4v) is 9.55. The molecule has 0 radical (unpaired) electrons. The van der Waals surface area contributed by atoms with E-state index in [1.54, 1.807) is 49.4 Å². The number of alkyl halides is 2. The third-order valence-electron chi connectivity index (χ3n) is 10.9. The first kappa shape index (κ1) is 34.6. The number of halogens is 8. The van der Waals surface area contributed by atoms with Gasteiger partial charge in [0.1, 0.15) is 11.4 Å². The fourth-order valence-electron chi connectivity index (χ4n) is 8.45. The number of anilines is 2. The summed E-state index contributed by atoms with van der Waals surface area (Å²) in [6, 6.07) is 13.7. The van der Waals surface area contributed by atoms with Crippen LogP contribution in [0.3, 0.4) is 0 Å². The van der Waals surface area contributed by atoms with E-state index in [9.17, 15) is 37.5 Å². The fraction of sp³-hybridized carbons (Fsp3) is 0.243. The van der Waals surface area contributed by atoms with Crippen LogP contribution in [-0.2, 0) is 19.2 Å². The molecule has 0 spiro atoms. The minimum atomic E-state index is -2.70. The zero-order valence-electron chi connectivity index (χ0n) is 26.5. The maximum atomic E-state index is 15.3. The van der Waals surface area contributed by atoms with Crippen LogP contribution in [0.1, 0.15) is 29.9 Å². The van der Waals surface area contributed by atoms with Crippen molar-refractivity contribution in [1.29, 1.82) is 0 Å². The number of phenolic OH excluding ortho intramolecular Hbond substituents is 1. The summed E-state index contributed by atoms with van der Waals surface area (Å²) < 4.78 is 73.8. The molecule has 0 aromatic heterocycles. The first-order valence-electron chi connectivity index (χ1n) is 15.9. The quantitative estimate of drug-likeness (QED) is 0.0569. The molecular weight excluding hydrogens is 754 g/mol. The summed E-state index contributed by atoms with van der Waals surface area (Å²) in [5, 5.41) is 11.6. The number of carbonyl (C=O) groups excluding carboxylic acids is 4. The van der Waals surface area contributed by atoms with Crippen LogP contribution in [0.15, 0.2) is 66.2 Å². The molecule has 8 rings (SSSR count). The van der Waals surface area contributed by atoms with Crippen LogP contribution in [0.5, 0.6) is 5.75 Å². The average Bonchev–Trinajstić information content (AvgIpc) is 3.46. The van der Waals surface area contributed by atoms with Crippen molar-refractivity contribution in [2.24, 2.45) is 17.8 Å². The van der Waals surface area contributed by atoms with Crippen molar-refractivity contribution in [1.82, 2.24) is 0 Å². The van der Waals surface area contributed by atoms with Gasteiger partial charge in [-0.05, 0) is 60.4 Å². The van der Waals surface area contributed by atoms with Crippen LogP contribution >= 0.6 is 34.8 Å². The van der Waals surface area contributed by atoms with E-state index in [1.807, 2.05) is 0 Å². The molecular formula is C37H22Cl3F5N2O5. The number of aryl methyl sites for hydroxylation is 1. The third-order valence-corrected chi connectivity index (χ3v) is 12.7. The van der Waals surface area contributed by atoms with Crippen molar-refractivity contribution in [3.05, 3.63) is 111 Å². The van der Waals surface area contributed by atoms with Crippen molar-refractivity contribution in [3.63, 3.8) is 0 Å². The molecule has 6 atom stereocenters. The summed E-state index contributed by atoms with van der Waals surface area (Å²) in [6.45, 7) is 1.73. The molecule has 2 aliphatic carbocycles. The first-order chi connectivity index (χ1) is 24.6. The van der Waals surface area contributed by atoms with Crippen molar-refractivity contribution < 1.29 is 46.2 Å². The zero-order valence-corrected chi connectivity index (χ0v) is 28.8. The van der Waals surface area contributed by atoms with Crippen LogP contribution in [0.25, 0.3) is 10.8 Å². The Hall–Kier alpha value is -4.52. The largest absolute Gasteiger partial charge is 0.507 e. The number of hydrogen-bond donors (Lipinski definition) is 1. The van der Waals surface area contributed by atoms with Crippen molar-refractivity contribution in [2.75, 3.05) is 9.80 Å². The maximum Gasteiger partial charge on any atom is 0.258 e. The average molecular weight is 776 g/mol. The number of rotatable bonds is 3. The van der Waals surface area contributed by atoms with Gasteiger partial charge in [-0.3, -0.25) is 19.2 Å². The minimum absolute atomic E-state index is 0.0323. The number of fused-ring (bicyclic) bond motifs is 5. The highest BCUT2D eigenvalue weighted by Crippen LogP contribution is 2.66. The van der Waals surface area contributed by atoms with E-state index in [0.29, 0.717) is 16.0 Å². The van der Waals surface area contributed by atoms with Gasteiger partial charge in [-0.25, -0.2) is 31.8 Å². The summed E-state index contributed by atoms with van der Waals surface area (Å²) in [7, 11) is 0. The molecule has 266 valence electrons. The van der Waals surface area contributed by atoms with Crippen molar-refractivity contribution in [2.45, 2.75) is 35.4 Å². The molecule has 0 bridgehead atoms. The van der Waals surface area contributed by atoms with Gasteiger partial charge in [0.05, 0.1) is 17.5 Å². The van der Waals surface area contributed by atoms with E-state index in [2.05, 4.69) is 0 Å². The summed E-state index contributed by atoms with van der Waals surface area (Å²) >= 11 is 20.8. The summed E-state index contributed by atoms with van der Waals surface area (Å²) in [5.41, 5.74) is -0.502. The van der Waals surface area contributed by atoms with Crippen LogP contribution in [0.2, 0.25) is 5.02 Å². The van der Waals surface area contributed by atoms with Crippen LogP contribution < -0.4 is 9.80 Å². The molecule has 2 saturated heterocycles. The normalized spacial score (nSPS) is 28.4. The first-order valence-corrected chi connectivity index (χ1v) is 17.0. The molecule has 15 heteroatoms. The van der Waals surface area contributed by atoms with E-state index < -0.39 is 98.2 Å². The lowest BCUT2D eigenvalue weighted by Crippen LogP contribution is -2.60. The lowest BCUT2D eigenvalue weighted by Gasteiger charge is -2.51. The standard InChI is InChI=1S/C37H22Cl3F5N2O5/c1-14-6-7-15(12-22(14)38)46-32(49)20-9-8-19-21(24(20)33(46)50)13-36(39)34(51)47(31-29(44)27(42)26(41)28(43)30(31)45)35(52)37(36,40)25(19)18-10-11-23(48)17-5-3-2-4-16(17)18/h2-8,10-12,20-21,24-25,48H,9,13H2,1H3/t20-,21+,24-,25-,36+,37-/m0/s1. The molecule has 4 amide bonds. The van der Waals surface area contributed by atoms with E-state index in [4.69, 9.17) is 34.8 Å². The second-order valence-electron chi connectivity index (χ2n) is 13.4. The Balaban J connectivity index is 1.36. The molecule has 2 heterocycles. The Bertz CT molecular complexity index is 2360. The molecule has 52 heavy (non-hydrogen) atoms. The van der Waals surface area contributed by atoms with Gasteiger partial charge in [0.2, 0.25) is 17.6 Å². The van der Waals surface area contributed by atoms with Crippen molar-refractivity contribution >= 4 is 80.6 Å². The molecule has 0 unspecified atom stereocenters. The highest BCUT2D eigenvalue weighted by molar-refractivity contribution is 6.58. The topological polar surface area (TPSA) is 95.0 Å². The van der Waals surface area contributed by atoms with Crippen LogP contribution in [-0.4, -0.2) is 38.5 Å². The summed E-state index contributed by atoms with van der Waals surface area (Å²) in [6.07, 6.45) is 0.930. The Morgan fingerprint density at radius 1 is 0.769 bits per heavy atom. The van der Waals surface area contributed by atoms with Gasteiger partial charge in [-0.1, -0.05) is 59.6 Å². The highest BCUT2D eigenvalue weighted by Gasteiger charge is 2.77. The SMILES string of the molecule is Cc1ccc(N2C(=O)[C@H]3[C@H](CC=C4[C@H]3C[C@@]3(Cl)C(=O)N(c5c(F)c(F)c(F)c(F)c5F)C(=O)[C@@]3(Cl)[C@H]4c3ccc(O)c4ccccc34)C2=O)cc1Cl. The molecule has 2 aliphatic heterocycles. The molecule has 4 aromatic carbocycles. The number of carbonyl (C=O) groups is 4. The molecule has 3 fully saturated rings. The van der Waals surface area contributed by atoms with E-state index in [-0.39, 0.29) is 39.3 Å². The number of allylic oxidation sites excluding steroid dienone is 2. The van der Waals surface area contributed by atoms with E-state index >= 15 is 8.78 Å². The number of aromatic hydroxyl groups is 1. The summed E-state index contributed by atoms with van der Waals surface area (Å²) in [4.78, 5) is 52.7. The maximum absolute atomic E-state index is 15.3. The number of phenols is 1. The van der Waals surface area contributed by atoms with E-state index in [0.717, 1.165) is 4.90 Å². The Kier molecular flexibility index (Phi) is 7.64. The zero-order chi connectivity index (χ0) is 37.3. The number of imide groups is 2. The van der Waals surface area contributed by atoms with E-state index in [1.165, 1.54) is 18.2 Å².